The monoisotopic (exact) mass is 398 g/mol. The SMILES string of the molecule is Cc1ccc(-c2csc(NC(=O)CSc3ncnc4ccsc34)n2)cc1. The molecule has 0 radical (unpaired) electrons. The van der Waals surface area contributed by atoms with E-state index in [1.807, 2.05) is 29.0 Å². The lowest BCUT2D eigenvalue weighted by Crippen LogP contribution is -2.13. The smallest absolute Gasteiger partial charge is 0.236 e. The second-order valence-corrected chi connectivity index (χ2v) is 8.29. The molecule has 1 amide bonds. The molecular formula is C18H14N4OS3. The molecule has 0 fully saturated rings. The van der Waals surface area contributed by atoms with Crippen molar-refractivity contribution >= 4 is 55.7 Å². The number of thioether (sulfide) groups is 1. The molecule has 1 aromatic carbocycles. The van der Waals surface area contributed by atoms with Crippen molar-refractivity contribution in [1.82, 2.24) is 15.0 Å². The fourth-order valence-corrected chi connectivity index (χ4v) is 4.83. The van der Waals surface area contributed by atoms with Crippen LogP contribution < -0.4 is 5.32 Å². The summed E-state index contributed by atoms with van der Waals surface area (Å²) in [5.41, 5.74) is 4.03. The normalized spacial score (nSPS) is 11.0. The van der Waals surface area contributed by atoms with Crippen LogP contribution in [0.1, 0.15) is 5.56 Å². The molecule has 0 bridgehead atoms. The van der Waals surface area contributed by atoms with E-state index in [1.165, 1.54) is 35.0 Å². The summed E-state index contributed by atoms with van der Waals surface area (Å²) >= 11 is 4.42. The highest BCUT2D eigenvalue weighted by Crippen LogP contribution is 2.29. The molecule has 3 heterocycles. The summed E-state index contributed by atoms with van der Waals surface area (Å²) in [6.07, 6.45) is 1.53. The fraction of sp³-hybridized carbons (Fsp3) is 0.111. The van der Waals surface area contributed by atoms with Gasteiger partial charge in [0.2, 0.25) is 5.91 Å². The lowest BCUT2D eigenvalue weighted by molar-refractivity contribution is -0.113. The molecule has 0 aliphatic carbocycles. The zero-order chi connectivity index (χ0) is 17.9. The number of carbonyl (C=O) groups excluding carboxylic acids is 1. The number of amides is 1. The number of nitrogens with zero attached hydrogens (tertiary/aromatic N) is 3. The van der Waals surface area contributed by atoms with Crippen LogP contribution in [0, 0.1) is 6.92 Å². The molecule has 0 spiro atoms. The Morgan fingerprint density at radius 2 is 2.00 bits per heavy atom. The van der Waals surface area contributed by atoms with Gasteiger partial charge in [0.15, 0.2) is 5.13 Å². The molecule has 130 valence electrons. The van der Waals surface area contributed by atoms with Crippen molar-refractivity contribution in [3.63, 3.8) is 0 Å². The third-order valence-corrected chi connectivity index (χ3v) is 6.44. The standard InChI is InChI=1S/C18H14N4OS3/c1-11-2-4-12(5-3-11)14-8-26-18(21-14)22-15(23)9-25-17-16-13(6-7-24-16)19-10-20-17/h2-8,10H,9H2,1H3,(H,21,22,23). The first-order valence-corrected chi connectivity index (χ1v) is 10.6. The third kappa shape index (κ3) is 3.77. The number of rotatable bonds is 5. The zero-order valence-corrected chi connectivity index (χ0v) is 16.3. The van der Waals surface area contributed by atoms with E-state index >= 15 is 0 Å². The predicted molar refractivity (Wildman–Crippen MR) is 109 cm³/mol. The van der Waals surface area contributed by atoms with Crippen molar-refractivity contribution in [3.05, 3.63) is 53.0 Å². The van der Waals surface area contributed by atoms with Gasteiger partial charge in [-0.2, -0.15) is 0 Å². The Morgan fingerprint density at radius 1 is 1.15 bits per heavy atom. The largest absolute Gasteiger partial charge is 0.301 e. The molecule has 5 nitrogen and oxygen atoms in total. The predicted octanol–water partition coefficient (Wildman–Crippen LogP) is 4.85. The van der Waals surface area contributed by atoms with E-state index in [9.17, 15) is 4.79 Å². The van der Waals surface area contributed by atoms with E-state index in [0.29, 0.717) is 5.13 Å². The Hall–Kier alpha value is -2.29. The Kier molecular flexibility index (Phi) is 4.96. The molecular weight excluding hydrogens is 384 g/mol. The lowest BCUT2D eigenvalue weighted by Gasteiger charge is -2.02. The molecule has 3 aromatic heterocycles. The van der Waals surface area contributed by atoms with Crippen LogP contribution in [-0.2, 0) is 4.79 Å². The highest BCUT2D eigenvalue weighted by Gasteiger charge is 2.11. The van der Waals surface area contributed by atoms with E-state index in [2.05, 4.69) is 39.3 Å². The average Bonchev–Trinajstić information content (AvgIpc) is 3.30. The van der Waals surface area contributed by atoms with Crippen LogP contribution in [0.15, 0.2) is 52.4 Å². The molecule has 4 rings (SSSR count). The molecule has 26 heavy (non-hydrogen) atoms. The second kappa shape index (κ2) is 7.53. The van der Waals surface area contributed by atoms with Crippen LogP contribution >= 0.6 is 34.4 Å². The minimum atomic E-state index is -0.0943. The maximum Gasteiger partial charge on any atom is 0.236 e. The number of aromatic nitrogens is 3. The van der Waals surface area contributed by atoms with Gasteiger partial charge in [-0.1, -0.05) is 41.6 Å². The molecule has 0 saturated heterocycles. The molecule has 0 aliphatic rings. The number of thiophene rings is 1. The number of hydrogen-bond acceptors (Lipinski definition) is 7. The summed E-state index contributed by atoms with van der Waals surface area (Å²) in [6.45, 7) is 2.05. The van der Waals surface area contributed by atoms with E-state index < -0.39 is 0 Å². The van der Waals surface area contributed by atoms with Gasteiger partial charge in [0, 0.05) is 10.9 Å². The van der Waals surface area contributed by atoms with Crippen molar-refractivity contribution < 1.29 is 4.79 Å². The van der Waals surface area contributed by atoms with Gasteiger partial charge in [-0.25, -0.2) is 15.0 Å². The van der Waals surface area contributed by atoms with Crippen molar-refractivity contribution in [2.45, 2.75) is 11.9 Å². The lowest BCUT2D eigenvalue weighted by atomic mass is 10.1. The quantitative estimate of drug-likeness (QED) is 0.384. The molecule has 8 heteroatoms. The first-order valence-electron chi connectivity index (χ1n) is 7.82. The van der Waals surface area contributed by atoms with Crippen molar-refractivity contribution in [2.75, 3.05) is 11.1 Å². The first kappa shape index (κ1) is 17.1. The molecule has 1 N–H and O–H groups in total. The van der Waals surface area contributed by atoms with E-state index in [-0.39, 0.29) is 11.7 Å². The van der Waals surface area contributed by atoms with E-state index in [1.54, 1.807) is 11.3 Å². The van der Waals surface area contributed by atoms with Gasteiger partial charge in [0.05, 0.1) is 21.7 Å². The number of nitrogens with one attached hydrogen (secondary N) is 1. The second-order valence-electron chi connectivity index (χ2n) is 5.55. The van der Waals surface area contributed by atoms with Crippen LogP contribution in [0.2, 0.25) is 0 Å². The van der Waals surface area contributed by atoms with E-state index in [4.69, 9.17) is 0 Å². The van der Waals surface area contributed by atoms with Gasteiger partial charge in [-0.3, -0.25) is 4.79 Å². The van der Waals surface area contributed by atoms with Crippen molar-refractivity contribution in [1.29, 1.82) is 0 Å². The van der Waals surface area contributed by atoms with Crippen molar-refractivity contribution in [3.8, 4) is 11.3 Å². The maximum atomic E-state index is 12.2. The summed E-state index contributed by atoms with van der Waals surface area (Å²) < 4.78 is 1.02. The molecule has 4 aromatic rings. The van der Waals surface area contributed by atoms with Gasteiger partial charge in [-0.05, 0) is 18.4 Å². The average molecular weight is 399 g/mol. The summed E-state index contributed by atoms with van der Waals surface area (Å²) in [7, 11) is 0. The molecule has 0 saturated carbocycles. The number of aryl methyl sites for hydroxylation is 1. The van der Waals surface area contributed by atoms with E-state index in [0.717, 1.165) is 26.5 Å². The maximum absolute atomic E-state index is 12.2. The fourth-order valence-electron chi connectivity index (χ4n) is 2.35. The van der Waals surface area contributed by atoms with Crippen LogP contribution in [0.5, 0.6) is 0 Å². The topological polar surface area (TPSA) is 67.8 Å². The minimum absolute atomic E-state index is 0.0943. The summed E-state index contributed by atoms with van der Waals surface area (Å²) in [6, 6.07) is 10.1. The zero-order valence-electron chi connectivity index (χ0n) is 13.8. The Morgan fingerprint density at radius 3 is 2.85 bits per heavy atom. The third-order valence-electron chi connectivity index (χ3n) is 3.65. The van der Waals surface area contributed by atoms with Crippen LogP contribution in [0.25, 0.3) is 21.5 Å². The van der Waals surface area contributed by atoms with Gasteiger partial charge in [0.25, 0.3) is 0 Å². The minimum Gasteiger partial charge on any atom is -0.301 e. The number of thiazole rings is 1. The Bertz CT molecular complexity index is 1060. The molecule has 0 atom stereocenters. The molecule has 0 unspecified atom stereocenters. The van der Waals surface area contributed by atoms with Gasteiger partial charge in [0.1, 0.15) is 11.4 Å². The number of benzene rings is 1. The Balaban J connectivity index is 1.39. The van der Waals surface area contributed by atoms with Gasteiger partial charge in [-0.15, -0.1) is 22.7 Å². The Labute approximate surface area is 162 Å². The number of hydrogen-bond donors (Lipinski definition) is 1. The highest BCUT2D eigenvalue weighted by atomic mass is 32.2. The van der Waals surface area contributed by atoms with Crippen LogP contribution in [0.4, 0.5) is 5.13 Å². The van der Waals surface area contributed by atoms with Gasteiger partial charge < -0.3 is 5.32 Å². The number of carbonyl (C=O) groups is 1. The van der Waals surface area contributed by atoms with Crippen LogP contribution in [0.3, 0.4) is 0 Å². The summed E-state index contributed by atoms with van der Waals surface area (Å²) in [5, 5.41) is 8.23. The highest BCUT2D eigenvalue weighted by molar-refractivity contribution is 8.00. The number of fused-ring (bicyclic) bond motifs is 1. The van der Waals surface area contributed by atoms with Gasteiger partial charge >= 0.3 is 0 Å². The summed E-state index contributed by atoms with van der Waals surface area (Å²) in [4.78, 5) is 25.2. The molecule has 0 aliphatic heterocycles. The van der Waals surface area contributed by atoms with Crippen LogP contribution in [-0.4, -0.2) is 26.6 Å². The first-order chi connectivity index (χ1) is 12.7. The summed E-state index contributed by atoms with van der Waals surface area (Å²) in [5.74, 6) is 0.187. The van der Waals surface area contributed by atoms with Crippen molar-refractivity contribution in [2.24, 2.45) is 0 Å². The number of anilines is 1.